The number of hydrogen-bond acceptors (Lipinski definition) is 2. The minimum atomic E-state index is 0.382. The molecule has 82 valence electrons. The predicted octanol–water partition coefficient (Wildman–Crippen LogP) is 2.36. The summed E-state index contributed by atoms with van der Waals surface area (Å²) in [4.78, 5) is 4.09. The van der Waals surface area contributed by atoms with Gasteiger partial charge >= 0.3 is 0 Å². The van der Waals surface area contributed by atoms with Crippen molar-refractivity contribution in [2.45, 2.75) is 38.6 Å². The molecule has 2 rings (SSSR count). The average Bonchev–Trinajstić information content (AvgIpc) is 2.89. The summed E-state index contributed by atoms with van der Waals surface area (Å²) in [5, 5.41) is 3.56. The normalized spacial score (nSPS) is 29.5. The maximum absolute atomic E-state index is 4.09. The molecule has 1 aliphatic carbocycles. The SMILES string of the molecule is CC(C)NCC1(c2ccncc2)CC1C. The third kappa shape index (κ3) is 2.05. The lowest BCUT2D eigenvalue weighted by molar-refractivity contribution is 0.499. The Bertz CT molecular complexity index is 321. The Hall–Kier alpha value is -0.890. The Kier molecular flexibility index (Phi) is 2.79. The van der Waals surface area contributed by atoms with Crippen LogP contribution >= 0.6 is 0 Å². The van der Waals surface area contributed by atoms with E-state index < -0.39 is 0 Å². The van der Waals surface area contributed by atoms with Crippen molar-refractivity contribution in [2.24, 2.45) is 5.92 Å². The van der Waals surface area contributed by atoms with Crippen molar-refractivity contribution in [3.05, 3.63) is 30.1 Å². The summed E-state index contributed by atoms with van der Waals surface area (Å²) in [6.45, 7) is 7.83. The van der Waals surface area contributed by atoms with Crippen LogP contribution in [0.4, 0.5) is 0 Å². The van der Waals surface area contributed by atoms with Crippen molar-refractivity contribution in [3.8, 4) is 0 Å². The fourth-order valence-electron chi connectivity index (χ4n) is 2.31. The number of nitrogens with one attached hydrogen (secondary N) is 1. The van der Waals surface area contributed by atoms with E-state index in [4.69, 9.17) is 0 Å². The van der Waals surface area contributed by atoms with Gasteiger partial charge in [-0.25, -0.2) is 0 Å². The van der Waals surface area contributed by atoms with E-state index in [1.165, 1.54) is 12.0 Å². The van der Waals surface area contributed by atoms with Crippen LogP contribution in [-0.2, 0) is 5.41 Å². The highest BCUT2D eigenvalue weighted by molar-refractivity contribution is 5.32. The zero-order valence-electron chi connectivity index (χ0n) is 9.83. The van der Waals surface area contributed by atoms with E-state index in [1.807, 2.05) is 12.4 Å². The molecule has 1 aromatic heterocycles. The van der Waals surface area contributed by atoms with Crippen molar-refractivity contribution in [2.75, 3.05) is 6.54 Å². The Morgan fingerprint density at radius 2 is 2.07 bits per heavy atom. The molecule has 0 radical (unpaired) electrons. The maximum atomic E-state index is 4.09. The molecule has 1 aromatic rings. The molecule has 0 aromatic carbocycles. The molecule has 1 heterocycles. The summed E-state index contributed by atoms with van der Waals surface area (Å²) < 4.78 is 0. The van der Waals surface area contributed by atoms with Crippen LogP contribution in [0.3, 0.4) is 0 Å². The highest BCUT2D eigenvalue weighted by Gasteiger charge is 2.51. The van der Waals surface area contributed by atoms with Crippen LogP contribution in [0.1, 0.15) is 32.8 Å². The highest BCUT2D eigenvalue weighted by atomic mass is 14.9. The van der Waals surface area contributed by atoms with E-state index >= 15 is 0 Å². The largest absolute Gasteiger partial charge is 0.314 e. The molecule has 2 nitrogen and oxygen atoms in total. The molecular formula is C13H20N2. The lowest BCUT2D eigenvalue weighted by Crippen LogP contribution is -2.33. The number of rotatable bonds is 4. The topological polar surface area (TPSA) is 24.9 Å². The quantitative estimate of drug-likeness (QED) is 0.814. The van der Waals surface area contributed by atoms with Gasteiger partial charge in [-0.1, -0.05) is 20.8 Å². The fourth-order valence-corrected chi connectivity index (χ4v) is 2.31. The Balaban J connectivity index is 2.10. The van der Waals surface area contributed by atoms with Crippen LogP contribution in [0, 0.1) is 5.92 Å². The van der Waals surface area contributed by atoms with E-state index in [0.29, 0.717) is 11.5 Å². The first-order valence-corrected chi connectivity index (χ1v) is 5.79. The Morgan fingerprint density at radius 1 is 1.47 bits per heavy atom. The fraction of sp³-hybridized carbons (Fsp3) is 0.615. The van der Waals surface area contributed by atoms with Crippen LogP contribution in [0.5, 0.6) is 0 Å². The lowest BCUT2D eigenvalue weighted by atomic mass is 9.94. The molecule has 0 amide bonds. The van der Waals surface area contributed by atoms with Gasteiger partial charge in [-0.2, -0.15) is 0 Å². The van der Waals surface area contributed by atoms with Crippen LogP contribution < -0.4 is 5.32 Å². The summed E-state index contributed by atoms with van der Waals surface area (Å²) >= 11 is 0. The minimum absolute atomic E-state index is 0.382. The predicted molar refractivity (Wildman–Crippen MR) is 62.8 cm³/mol. The van der Waals surface area contributed by atoms with Gasteiger partial charge in [0.15, 0.2) is 0 Å². The van der Waals surface area contributed by atoms with Gasteiger partial charge < -0.3 is 5.32 Å². The van der Waals surface area contributed by atoms with Crippen LogP contribution in [0.25, 0.3) is 0 Å². The van der Waals surface area contributed by atoms with Crippen LogP contribution in [-0.4, -0.2) is 17.6 Å². The molecule has 1 aliphatic rings. The number of nitrogens with zero attached hydrogens (tertiary/aromatic N) is 1. The third-order valence-corrected chi connectivity index (χ3v) is 3.53. The second-order valence-electron chi connectivity index (χ2n) is 5.03. The number of pyridine rings is 1. The Labute approximate surface area is 92.1 Å². The average molecular weight is 204 g/mol. The molecule has 0 bridgehead atoms. The summed E-state index contributed by atoms with van der Waals surface area (Å²) in [6.07, 6.45) is 5.10. The first-order valence-electron chi connectivity index (χ1n) is 5.79. The molecule has 0 spiro atoms. The van der Waals surface area contributed by atoms with Crippen molar-refractivity contribution in [1.82, 2.24) is 10.3 Å². The van der Waals surface area contributed by atoms with Gasteiger partial charge in [-0.3, -0.25) is 4.98 Å². The molecule has 15 heavy (non-hydrogen) atoms. The summed E-state index contributed by atoms with van der Waals surface area (Å²) in [5.41, 5.74) is 1.82. The zero-order chi connectivity index (χ0) is 10.9. The van der Waals surface area contributed by atoms with Crippen molar-refractivity contribution >= 4 is 0 Å². The van der Waals surface area contributed by atoms with E-state index in [-0.39, 0.29) is 0 Å². The molecule has 2 heteroatoms. The van der Waals surface area contributed by atoms with E-state index in [9.17, 15) is 0 Å². The molecule has 2 atom stereocenters. The van der Waals surface area contributed by atoms with Crippen LogP contribution in [0.15, 0.2) is 24.5 Å². The lowest BCUT2D eigenvalue weighted by Gasteiger charge is -2.19. The van der Waals surface area contributed by atoms with Gasteiger partial charge in [-0.05, 0) is 30.0 Å². The van der Waals surface area contributed by atoms with Crippen molar-refractivity contribution < 1.29 is 0 Å². The number of aromatic nitrogens is 1. The zero-order valence-corrected chi connectivity index (χ0v) is 9.83. The van der Waals surface area contributed by atoms with Gasteiger partial charge in [0.1, 0.15) is 0 Å². The van der Waals surface area contributed by atoms with E-state index in [1.54, 1.807) is 0 Å². The summed E-state index contributed by atoms with van der Waals surface area (Å²) in [6, 6.07) is 4.88. The number of hydrogen-bond donors (Lipinski definition) is 1. The molecule has 1 fully saturated rings. The van der Waals surface area contributed by atoms with Crippen molar-refractivity contribution in [3.63, 3.8) is 0 Å². The van der Waals surface area contributed by atoms with Gasteiger partial charge in [0.2, 0.25) is 0 Å². The molecule has 0 saturated heterocycles. The van der Waals surface area contributed by atoms with Gasteiger partial charge in [0.25, 0.3) is 0 Å². The van der Waals surface area contributed by atoms with Gasteiger partial charge in [0, 0.05) is 30.4 Å². The maximum Gasteiger partial charge on any atom is 0.0270 e. The summed E-state index contributed by atoms with van der Waals surface area (Å²) in [7, 11) is 0. The second-order valence-corrected chi connectivity index (χ2v) is 5.03. The second kappa shape index (κ2) is 3.93. The molecule has 1 N–H and O–H groups in total. The highest BCUT2D eigenvalue weighted by Crippen LogP contribution is 2.53. The molecule has 0 aliphatic heterocycles. The van der Waals surface area contributed by atoms with Crippen LogP contribution in [0.2, 0.25) is 0 Å². The van der Waals surface area contributed by atoms with E-state index in [0.717, 1.165) is 12.5 Å². The minimum Gasteiger partial charge on any atom is -0.314 e. The smallest absolute Gasteiger partial charge is 0.0270 e. The van der Waals surface area contributed by atoms with Crippen molar-refractivity contribution in [1.29, 1.82) is 0 Å². The monoisotopic (exact) mass is 204 g/mol. The first-order chi connectivity index (χ1) is 7.15. The molecule has 2 unspecified atom stereocenters. The molecular weight excluding hydrogens is 184 g/mol. The third-order valence-electron chi connectivity index (χ3n) is 3.53. The first kappa shape index (κ1) is 10.6. The van der Waals surface area contributed by atoms with Gasteiger partial charge in [0.05, 0.1) is 0 Å². The van der Waals surface area contributed by atoms with Gasteiger partial charge in [-0.15, -0.1) is 0 Å². The standard InChI is InChI=1S/C13H20N2/c1-10(2)15-9-13(8-11(13)3)12-4-6-14-7-5-12/h4-7,10-11,15H,8-9H2,1-3H3. The van der Waals surface area contributed by atoms with E-state index in [2.05, 4.69) is 43.2 Å². The summed E-state index contributed by atoms with van der Waals surface area (Å²) in [5.74, 6) is 0.797. The Morgan fingerprint density at radius 3 is 2.53 bits per heavy atom. The molecule has 1 saturated carbocycles.